The second-order valence-electron chi connectivity index (χ2n) is 3.15. The molecule has 4 N–H and O–H groups in total. The summed E-state index contributed by atoms with van der Waals surface area (Å²) in [6, 6.07) is -0.623. The molecule has 0 saturated carbocycles. The SMILES string of the molecule is CC.CCN[C@@H](CCCNC(N)=O)C(C)=O. The third kappa shape index (κ3) is 11.0. The Morgan fingerprint density at radius 2 is 1.88 bits per heavy atom. The molecule has 0 aliphatic rings. The maximum Gasteiger partial charge on any atom is 0.312 e. The minimum absolute atomic E-state index is 0.102. The van der Waals surface area contributed by atoms with E-state index in [1.165, 1.54) is 0 Å². The number of carbonyl (C=O) groups excluding carboxylic acids is 2. The first kappa shape index (κ1) is 17.3. The van der Waals surface area contributed by atoms with Crippen LogP contribution in [0.25, 0.3) is 0 Å². The van der Waals surface area contributed by atoms with E-state index < -0.39 is 6.03 Å². The third-order valence-corrected chi connectivity index (χ3v) is 1.91. The quantitative estimate of drug-likeness (QED) is 0.572. The molecule has 0 aromatic rings. The van der Waals surface area contributed by atoms with Crippen molar-refractivity contribution >= 4 is 11.8 Å². The fraction of sp³-hybridized carbons (Fsp3) is 0.818. The summed E-state index contributed by atoms with van der Waals surface area (Å²) in [6.07, 6.45) is 1.48. The van der Waals surface area contributed by atoms with Crippen molar-refractivity contribution in [3.05, 3.63) is 0 Å². The van der Waals surface area contributed by atoms with E-state index in [1.54, 1.807) is 6.92 Å². The average Bonchev–Trinajstić information content (AvgIpc) is 2.25. The van der Waals surface area contributed by atoms with Crippen LogP contribution < -0.4 is 16.4 Å². The van der Waals surface area contributed by atoms with E-state index in [4.69, 9.17) is 5.73 Å². The summed E-state index contributed by atoms with van der Waals surface area (Å²) < 4.78 is 0. The van der Waals surface area contributed by atoms with Crippen molar-refractivity contribution in [3.8, 4) is 0 Å². The van der Waals surface area contributed by atoms with Gasteiger partial charge in [0.05, 0.1) is 6.04 Å². The van der Waals surface area contributed by atoms with Gasteiger partial charge < -0.3 is 16.4 Å². The largest absolute Gasteiger partial charge is 0.352 e. The van der Waals surface area contributed by atoms with Crippen LogP contribution in [0.1, 0.15) is 40.5 Å². The van der Waals surface area contributed by atoms with Crippen LogP contribution in [0.2, 0.25) is 0 Å². The Hall–Kier alpha value is -1.10. The number of carbonyl (C=O) groups is 2. The van der Waals surface area contributed by atoms with Gasteiger partial charge in [0.1, 0.15) is 5.78 Å². The lowest BCUT2D eigenvalue weighted by Crippen LogP contribution is -2.36. The van der Waals surface area contributed by atoms with Crippen LogP contribution in [-0.2, 0) is 4.79 Å². The number of primary amides is 1. The molecule has 0 aromatic carbocycles. The molecule has 0 rings (SSSR count). The lowest BCUT2D eigenvalue weighted by atomic mass is 10.1. The van der Waals surface area contributed by atoms with Crippen molar-refractivity contribution in [1.29, 1.82) is 0 Å². The number of Topliss-reactive ketones (excluding diaryl/α,β-unsaturated/α-hetero) is 1. The molecule has 0 bridgehead atoms. The van der Waals surface area contributed by atoms with Gasteiger partial charge in [-0.25, -0.2) is 4.79 Å². The molecule has 5 heteroatoms. The van der Waals surface area contributed by atoms with E-state index in [9.17, 15) is 9.59 Å². The van der Waals surface area contributed by atoms with Crippen LogP contribution in [0.15, 0.2) is 0 Å². The Kier molecular flexibility index (Phi) is 12.9. The lowest BCUT2D eigenvalue weighted by Gasteiger charge is -2.14. The van der Waals surface area contributed by atoms with Gasteiger partial charge in [-0.2, -0.15) is 0 Å². The van der Waals surface area contributed by atoms with Crippen LogP contribution in [0, 0.1) is 0 Å². The molecule has 0 spiro atoms. The van der Waals surface area contributed by atoms with Crippen molar-refractivity contribution < 1.29 is 9.59 Å². The minimum atomic E-state index is -0.521. The predicted octanol–water partition coefficient (Wildman–Crippen LogP) is 1.03. The smallest absolute Gasteiger partial charge is 0.312 e. The number of rotatable bonds is 7. The van der Waals surface area contributed by atoms with Crippen LogP contribution in [-0.4, -0.2) is 30.9 Å². The number of urea groups is 1. The van der Waals surface area contributed by atoms with Gasteiger partial charge in [-0.1, -0.05) is 20.8 Å². The molecule has 96 valence electrons. The Bertz CT molecular complexity index is 196. The highest BCUT2D eigenvalue weighted by molar-refractivity contribution is 5.81. The Labute approximate surface area is 98.2 Å². The predicted molar refractivity (Wildman–Crippen MR) is 66.3 cm³/mol. The summed E-state index contributed by atoms with van der Waals surface area (Å²) in [6.45, 7) is 8.81. The van der Waals surface area contributed by atoms with E-state index in [2.05, 4.69) is 10.6 Å². The lowest BCUT2D eigenvalue weighted by molar-refractivity contribution is -0.119. The minimum Gasteiger partial charge on any atom is -0.352 e. The Balaban J connectivity index is 0. The van der Waals surface area contributed by atoms with Gasteiger partial charge in [-0.05, 0) is 26.3 Å². The van der Waals surface area contributed by atoms with Gasteiger partial charge in [0, 0.05) is 6.54 Å². The maximum absolute atomic E-state index is 11.1. The van der Waals surface area contributed by atoms with Gasteiger partial charge in [0.15, 0.2) is 0 Å². The van der Waals surface area contributed by atoms with Crippen LogP contribution in [0.5, 0.6) is 0 Å². The summed E-state index contributed by atoms with van der Waals surface area (Å²) in [5.41, 5.74) is 4.90. The van der Waals surface area contributed by atoms with Crippen LogP contribution >= 0.6 is 0 Å². The van der Waals surface area contributed by atoms with Crippen molar-refractivity contribution in [2.24, 2.45) is 5.73 Å². The van der Waals surface area contributed by atoms with Gasteiger partial charge in [0.2, 0.25) is 0 Å². The molecule has 0 saturated heterocycles. The molecule has 0 unspecified atom stereocenters. The highest BCUT2D eigenvalue weighted by atomic mass is 16.2. The number of likely N-dealkylation sites (N-methyl/N-ethyl adjacent to an activating group) is 1. The number of nitrogens with two attached hydrogens (primary N) is 1. The first-order chi connectivity index (χ1) is 7.57. The normalized spacial score (nSPS) is 11.0. The molecule has 5 nitrogen and oxygen atoms in total. The zero-order valence-corrected chi connectivity index (χ0v) is 10.8. The fourth-order valence-electron chi connectivity index (χ4n) is 1.21. The van der Waals surface area contributed by atoms with Crippen LogP contribution in [0.3, 0.4) is 0 Å². The zero-order chi connectivity index (χ0) is 13.0. The van der Waals surface area contributed by atoms with Crippen molar-refractivity contribution in [1.82, 2.24) is 10.6 Å². The fourth-order valence-corrected chi connectivity index (χ4v) is 1.21. The van der Waals surface area contributed by atoms with Crippen LogP contribution in [0.4, 0.5) is 4.79 Å². The number of amides is 2. The van der Waals surface area contributed by atoms with Gasteiger partial charge in [-0.15, -0.1) is 0 Å². The zero-order valence-electron chi connectivity index (χ0n) is 10.8. The summed E-state index contributed by atoms with van der Waals surface area (Å²) >= 11 is 0. The van der Waals surface area contributed by atoms with E-state index in [0.717, 1.165) is 19.4 Å². The topological polar surface area (TPSA) is 84.2 Å². The average molecular weight is 231 g/mol. The second kappa shape index (κ2) is 12.0. The highest BCUT2D eigenvalue weighted by Gasteiger charge is 2.11. The molecule has 0 aliphatic heterocycles. The first-order valence-electron chi connectivity index (χ1n) is 5.85. The molecular weight excluding hydrogens is 206 g/mol. The first-order valence-corrected chi connectivity index (χ1v) is 5.85. The third-order valence-electron chi connectivity index (χ3n) is 1.91. The Morgan fingerprint density at radius 1 is 1.31 bits per heavy atom. The van der Waals surface area contributed by atoms with Crippen molar-refractivity contribution in [3.63, 3.8) is 0 Å². The summed E-state index contributed by atoms with van der Waals surface area (Å²) in [7, 11) is 0. The number of ketones is 1. The molecule has 0 fully saturated rings. The summed E-state index contributed by atoms with van der Waals surface area (Å²) in [5.74, 6) is 0.130. The van der Waals surface area contributed by atoms with Gasteiger partial charge >= 0.3 is 6.03 Å². The molecule has 0 aromatic heterocycles. The summed E-state index contributed by atoms with van der Waals surface area (Å²) in [4.78, 5) is 21.4. The van der Waals surface area contributed by atoms with Crippen molar-refractivity contribution in [2.75, 3.05) is 13.1 Å². The molecule has 0 heterocycles. The number of nitrogens with one attached hydrogen (secondary N) is 2. The number of hydrogen-bond acceptors (Lipinski definition) is 3. The van der Waals surface area contributed by atoms with E-state index in [1.807, 2.05) is 20.8 Å². The molecule has 16 heavy (non-hydrogen) atoms. The van der Waals surface area contributed by atoms with E-state index >= 15 is 0 Å². The highest BCUT2D eigenvalue weighted by Crippen LogP contribution is 1.97. The standard InChI is InChI=1S/C9H19N3O2.C2H6/c1-3-11-8(7(2)13)5-4-6-12-9(10)14;1-2/h8,11H,3-6H2,1-2H3,(H3,10,12,14);1-2H3/t8-;/m0./s1. The van der Waals surface area contributed by atoms with E-state index in [0.29, 0.717) is 6.54 Å². The molecule has 0 aliphatic carbocycles. The Morgan fingerprint density at radius 3 is 2.25 bits per heavy atom. The monoisotopic (exact) mass is 231 g/mol. The van der Waals surface area contributed by atoms with E-state index in [-0.39, 0.29) is 11.8 Å². The molecule has 1 atom stereocenters. The molecular formula is C11H25N3O2. The molecule has 0 radical (unpaired) electrons. The summed E-state index contributed by atoms with van der Waals surface area (Å²) in [5, 5.41) is 5.56. The second-order valence-corrected chi connectivity index (χ2v) is 3.15. The van der Waals surface area contributed by atoms with Gasteiger partial charge in [-0.3, -0.25) is 4.79 Å². The maximum atomic E-state index is 11.1. The van der Waals surface area contributed by atoms with Crippen molar-refractivity contribution in [2.45, 2.75) is 46.6 Å². The number of hydrogen-bond donors (Lipinski definition) is 3. The molecule has 2 amide bonds. The van der Waals surface area contributed by atoms with Gasteiger partial charge in [0.25, 0.3) is 0 Å².